The number of amides is 1. The predicted octanol–water partition coefficient (Wildman–Crippen LogP) is 3.06. The van der Waals surface area contributed by atoms with Crippen molar-refractivity contribution in [3.8, 4) is 0 Å². The van der Waals surface area contributed by atoms with E-state index in [4.69, 9.17) is 0 Å². The van der Waals surface area contributed by atoms with Crippen LogP contribution in [0.15, 0.2) is 47.4 Å². The number of rotatable bonds is 4. The second-order valence-electron chi connectivity index (χ2n) is 8.37. The van der Waals surface area contributed by atoms with Gasteiger partial charge in [-0.2, -0.15) is 0 Å². The molecule has 1 amide bonds. The summed E-state index contributed by atoms with van der Waals surface area (Å²) in [5, 5.41) is 0. The van der Waals surface area contributed by atoms with Gasteiger partial charge in [0.2, 0.25) is 15.9 Å². The summed E-state index contributed by atoms with van der Waals surface area (Å²) in [4.78, 5) is 17.6. The van der Waals surface area contributed by atoms with Crippen LogP contribution in [0.2, 0.25) is 0 Å². The third-order valence-corrected chi connectivity index (χ3v) is 8.03. The van der Waals surface area contributed by atoms with Crippen molar-refractivity contribution >= 4 is 27.3 Å². The minimum atomic E-state index is -3.49. The van der Waals surface area contributed by atoms with Crippen molar-refractivity contribution < 1.29 is 13.2 Å². The van der Waals surface area contributed by atoms with Gasteiger partial charge in [-0.05, 0) is 68.0 Å². The molecular weight excluding hydrogens is 398 g/mol. The van der Waals surface area contributed by atoms with Crippen LogP contribution in [0.4, 0.5) is 11.4 Å². The number of carbonyl (C=O) groups excluding carboxylic acids is 1. The number of fused-ring (bicyclic) bond motifs is 2. The van der Waals surface area contributed by atoms with Gasteiger partial charge in [-0.1, -0.05) is 18.2 Å². The molecule has 0 fully saturated rings. The van der Waals surface area contributed by atoms with E-state index in [1.54, 1.807) is 18.2 Å². The van der Waals surface area contributed by atoms with E-state index >= 15 is 0 Å². The minimum absolute atomic E-state index is 0.0581. The third kappa shape index (κ3) is 3.72. The zero-order chi connectivity index (χ0) is 21.5. The second kappa shape index (κ2) is 8.04. The lowest BCUT2D eigenvalue weighted by molar-refractivity contribution is -0.117. The molecule has 2 aromatic rings. The Hall–Kier alpha value is -2.38. The maximum absolute atomic E-state index is 13.3. The molecule has 2 aliphatic rings. The topological polar surface area (TPSA) is 60.9 Å². The molecule has 0 aromatic heterocycles. The summed E-state index contributed by atoms with van der Waals surface area (Å²) in [5.74, 6) is 0.0581. The summed E-state index contributed by atoms with van der Waals surface area (Å²) in [5.41, 5.74) is 4.20. The highest BCUT2D eigenvalue weighted by Crippen LogP contribution is 2.33. The summed E-state index contributed by atoms with van der Waals surface area (Å²) in [7, 11) is -0.430. The molecule has 0 radical (unpaired) electrons. The second-order valence-corrected chi connectivity index (χ2v) is 10.5. The van der Waals surface area contributed by atoms with Crippen molar-refractivity contribution in [1.29, 1.82) is 0 Å². The van der Waals surface area contributed by atoms with Crippen LogP contribution in [0, 0.1) is 0 Å². The van der Waals surface area contributed by atoms with Gasteiger partial charge < -0.3 is 9.80 Å². The number of para-hydroxylation sites is 1. The van der Waals surface area contributed by atoms with Crippen LogP contribution in [0.5, 0.6) is 0 Å². The Kier molecular flexibility index (Phi) is 5.59. The predicted molar refractivity (Wildman–Crippen MR) is 120 cm³/mol. The zero-order valence-electron chi connectivity index (χ0n) is 17.8. The lowest BCUT2D eigenvalue weighted by atomic mass is 9.96. The molecule has 7 heteroatoms. The first-order valence-electron chi connectivity index (χ1n) is 10.5. The first-order valence-corrected chi connectivity index (χ1v) is 11.9. The van der Waals surface area contributed by atoms with Gasteiger partial charge >= 0.3 is 0 Å². The number of benzene rings is 2. The van der Waals surface area contributed by atoms with Crippen LogP contribution in [0.1, 0.15) is 30.9 Å². The molecule has 2 aliphatic heterocycles. The smallest absolute Gasteiger partial charge is 0.246 e. The molecule has 6 nitrogen and oxygen atoms in total. The number of sulfonamides is 1. The molecule has 2 aromatic carbocycles. The van der Waals surface area contributed by atoms with Crippen LogP contribution < -0.4 is 9.80 Å². The molecule has 0 spiro atoms. The van der Waals surface area contributed by atoms with Crippen molar-refractivity contribution in [1.82, 2.24) is 4.31 Å². The van der Waals surface area contributed by atoms with E-state index in [0.717, 1.165) is 42.6 Å². The maximum Gasteiger partial charge on any atom is 0.246 e. The molecule has 0 bridgehead atoms. The van der Waals surface area contributed by atoms with E-state index in [-0.39, 0.29) is 10.8 Å². The quantitative estimate of drug-likeness (QED) is 0.753. The van der Waals surface area contributed by atoms with Gasteiger partial charge in [0.1, 0.15) is 0 Å². The fourth-order valence-electron chi connectivity index (χ4n) is 4.44. The van der Waals surface area contributed by atoms with Crippen molar-refractivity contribution in [2.75, 3.05) is 37.0 Å². The molecule has 0 saturated heterocycles. The van der Waals surface area contributed by atoms with Gasteiger partial charge in [-0.15, -0.1) is 0 Å². The first kappa shape index (κ1) is 20.9. The van der Waals surface area contributed by atoms with Gasteiger partial charge in [-0.3, -0.25) is 4.79 Å². The largest absolute Gasteiger partial charge is 0.359 e. The van der Waals surface area contributed by atoms with Gasteiger partial charge in [-0.25, -0.2) is 12.7 Å². The Labute approximate surface area is 179 Å². The summed E-state index contributed by atoms with van der Waals surface area (Å²) < 4.78 is 26.2. The van der Waals surface area contributed by atoms with E-state index in [0.29, 0.717) is 19.1 Å². The van der Waals surface area contributed by atoms with Gasteiger partial charge in [0, 0.05) is 38.1 Å². The molecule has 0 unspecified atom stereocenters. The van der Waals surface area contributed by atoms with Crippen LogP contribution in [-0.4, -0.2) is 51.9 Å². The van der Waals surface area contributed by atoms with E-state index in [1.807, 2.05) is 11.0 Å². The number of aryl methyl sites for hydroxylation is 2. The Morgan fingerprint density at radius 2 is 1.83 bits per heavy atom. The van der Waals surface area contributed by atoms with E-state index in [1.165, 1.54) is 24.0 Å². The molecule has 0 saturated carbocycles. The summed E-state index contributed by atoms with van der Waals surface area (Å²) in [6, 6.07) is 13.7. The van der Waals surface area contributed by atoms with E-state index in [9.17, 15) is 13.2 Å². The van der Waals surface area contributed by atoms with Crippen LogP contribution in [0.25, 0.3) is 0 Å². The molecule has 1 atom stereocenters. The number of nitrogens with zero attached hydrogens (tertiary/aromatic N) is 3. The fraction of sp³-hybridized carbons (Fsp3) is 0.435. The third-order valence-electron chi connectivity index (χ3n) is 6.22. The molecule has 160 valence electrons. The highest BCUT2D eigenvalue weighted by Gasteiger charge is 2.29. The number of carbonyl (C=O) groups is 1. The molecule has 4 rings (SSSR count). The van der Waals surface area contributed by atoms with E-state index in [2.05, 4.69) is 30.0 Å². The Bertz CT molecular complexity index is 1070. The van der Waals surface area contributed by atoms with Crippen molar-refractivity contribution in [2.45, 2.75) is 43.5 Å². The molecule has 30 heavy (non-hydrogen) atoms. The molecule has 2 heterocycles. The Morgan fingerprint density at radius 1 is 1.07 bits per heavy atom. The minimum Gasteiger partial charge on any atom is -0.359 e. The van der Waals surface area contributed by atoms with Crippen molar-refractivity contribution in [2.24, 2.45) is 0 Å². The monoisotopic (exact) mass is 427 g/mol. The summed E-state index contributed by atoms with van der Waals surface area (Å²) >= 11 is 0. The normalized spacial score (nSPS) is 18.9. The van der Waals surface area contributed by atoms with Gasteiger partial charge in [0.05, 0.1) is 11.4 Å². The number of anilines is 2. The van der Waals surface area contributed by atoms with Gasteiger partial charge in [0.25, 0.3) is 0 Å². The lowest BCUT2D eigenvalue weighted by Gasteiger charge is -2.38. The first-order chi connectivity index (χ1) is 14.3. The van der Waals surface area contributed by atoms with Crippen LogP contribution in [0.3, 0.4) is 0 Å². The van der Waals surface area contributed by atoms with Crippen LogP contribution in [-0.2, 0) is 27.7 Å². The van der Waals surface area contributed by atoms with Crippen LogP contribution >= 0.6 is 0 Å². The Morgan fingerprint density at radius 3 is 2.60 bits per heavy atom. The molecule has 0 aliphatic carbocycles. The molecular formula is C23H29N3O3S. The van der Waals surface area contributed by atoms with Gasteiger partial charge in [0.15, 0.2) is 0 Å². The highest BCUT2D eigenvalue weighted by molar-refractivity contribution is 7.89. The molecule has 0 N–H and O–H groups in total. The lowest BCUT2D eigenvalue weighted by Crippen LogP contribution is -2.47. The SMILES string of the molecule is C[C@@H]1CCc2ccccc2N1CC(=O)N1CCCc2cc(S(=O)(=O)N(C)C)ccc21. The summed E-state index contributed by atoms with van der Waals surface area (Å²) in [6.07, 6.45) is 3.68. The highest BCUT2D eigenvalue weighted by atomic mass is 32.2. The Balaban J connectivity index is 1.60. The fourth-order valence-corrected chi connectivity index (χ4v) is 5.39. The summed E-state index contributed by atoms with van der Waals surface area (Å²) in [6.45, 7) is 3.16. The van der Waals surface area contributed by atoms with Crippen molar-refractivity contribution in [3.63, 3.8) is 0 Å². The average Bonchev–Trinajstić information content (AvgIpc) is 2.74. The average molecular weight is 428 g/mol. The maximum atomic E-state index is 13.3. The van der Waals surface area contributed by atoms with Crippen molar-refractivity contribution in [3.05, 3.63) is 53.6 Å². The number of hydrogen-bond donors (Lipinski definition) is 0. The zero-order valence-corrected chi connectivity index (χ0v) is 18.7. The standard InChI is InChI=1S/C23H29N3O3S/c1-17-10-11-18-7-4-5-9-21(18)26(17)16-23(27)25-14-6-8-19-15-20(12-13-22(19)25)30(28,29)24(2)3/h4-5,7,9,12-13,15,17H,6,8,10-11,14,16H2,1-3H3/t17-/m1/s1. The number of hydrogen-bond acceptors (Lipinski definition) is 4. The van der Waals surface area contributed by atoms with E-state index < -0.39 is 10.0 Å².